The summed E-state index contributed by atoms with van der Waals surface area (Å²) in [5.41, 5.74) is 3.04. The summed E-state index contributed by atoms with van der Waals surface area (Å²) in [5.74, 6) is -0.188. The molecule has 3 heterocycles. The lowest BCUT2D eigenvalue weighted by atomic mass is 10.1. The van der Waals surface area contributed by atoms with Gasteiger partial charge in [-0.2, -0.15) is 0 Å². The Hall–Kier alpha value is -4.15. The number of para-hydroxylation sites is 1. The molecule has 0 saturated heterocycles. The van der Waals surface area contributed by atoms with Crippen molar-refractivity contribution in [3.63, 3.8) is 0 Å². The highest BCUT2D eigenvalue weighted by atomic mass is 19.1. The Kier molecular flexibility index (Phi) is 5.05. The van der Waals surface area contributed by atoms with Crippen LogP contribution in [0.1, 0.15) is 46.4 Å². The molecule has 0 unspecified atom stereocenters. The first-order valence-corrected chi connectivity index (χ1v) is 11.3. The van der Waals surface area contributed by atoms with Crippen molar-refractivity contribution < 1.29 is 18.3 Å². The van der Waals surface area contributed by atoms with Crippen molar-refractivity contribution in [1.29, 1.82) is 0 Å². The van der Waals surface area contributed by atoms with E-state index in [0.717, 1.165) is 18.5 Å². The van der Waals surface area contributed by atoms with Crippen LogP contribution in [-0.4, -0.2) is 48.9 Å². The van der Waals surface area contributed by atoms with Gasteiger partial charge in [0.1, 0.15) is 25.1 Å². The Labute approximate surface area is 198 Å². The number of carbonyl (C=O) groups is 1. The Bertz CT molecular complexity index is 1440. The average molecular weight is 477 g/mol. The lowest BCUT2D eigenvalue weighted by Gasteiger charge is -2.15. The third-order valence-electron chi connectivity index (χ3n) is 6.35. The van der Waals surface area contributed by atoms with Gasteiger partial charge in [0.25, 0.3) is 5.91 Å². The van der Waals surface area contributed by atoms with Crippen molar-refractivity contribution >= 4 is 11.6 Å². The molecule has 1 aliphatic heterocycles. The number of nitrogens with zero attached hydrogens (tertiary/aromatic N) is 6. The Morgan fingerprint density at radius 3 is 2.94 bits per heavy atom. The summed E-state index contributed by atoms with van der Waals surface area (Å²) < 4.78 is 37.5. The summed E-state index contributed by atoms with van der Waals surface area (Å²) in [7, 11) is 0. The number of halogens is 2. The van der Waals surface area contributed by atoms with Crippen LogP contribution in [0.2, 0.25) is 0 Å². The number of aryl methyl sites for hydroxylation is 1. The predicted octanol–water partition coefficient (Wildman–Crippen LogP) is 4.01. The molecular formula is C24H21F2N7O2. The molecule has 0 bridgehead atoms. The standard InChI is InChI=1S/C24H21F2N7O2/c1-13-7-18(26)17(8-21(13)32-10-20(27-12-32)14-5-6-14)24(34)28-19-4-2-3-16-22(19)35-11-15(9-25)33-23(16)29-30-31-33/h2-4,7-8,10,12,14-15H,5-6,9,11H2,1H3,(H,28,34)/t15-/m1/s1. The molecule has 0 spiro atoms. The van der Waals surface area contributed by atoms with E-state index in [9.17, 15) is 13.6 Å². The minimum absolute atomic E-state index is 0.0264. The molecule has 2 aliphatic rings. The van der Waals surface area contributed by atoms with Gasteiger partial charge in [-0.1, -0.05) is 6.07 Å². The van der Waals surface area contributed by atoms with Gasteiger partial charge in [-0.3, -0.25) is 4.79 Å². The van der Waals surface area contributed by atoms with E-state index in [1.54, 1.807) is 31.5 Å². The van der Waals surface area contributed by atoms with Gasteiger partial charge in [-0.05, 0) is 60.0 Å². The Morgan fingerprint density at radius 1 is 1.29 bits per heavy atom. The number of hydrogen-bond acceptors (Lipinski definition) is 6. The fraction of sp³-hybridized carbons (Fsp3) is 0.292. The second kappa shape index (κ2) is 8.26. The van der Waals surface area contributed by atoms with Crippen LogP contribution in [0.4, 0.5) is 14.5 Å². The van der Waals surface area contributed by atoms with Crippen molar-refractivity contribution in [2.75, 3.05) is 18.6 Å². The quantitative estimate of drug-likeness (QED) is 0.466. The van der Waals surface area contributed by atoms with E-state index >= 15 is 0 Å². The van der Waals surface area contributed by atoms with Gasteiger partial charge in [-0.25, -0.2) is 18.4 Å². The van der Waals surface area contributed by atoms with E-state index in [2.05, 4.69) is 25.8 Å². The van der Waals surface area contributed by atoms with Crippen molar-refractivity contribution in [3.8, 4) is 22.8 Å². The molecule has 4 aromatic rings. The molecule has 2 aromatic heterocycles. The number of anilines is 1. The smallest absolute Gasteiger partial charge is 0.258 e. The number of carbonyl (C=O) groups excluding carboxylic acids is 1. The largest absolute Gasteiger partial charge is 0.488 e. The number of imidazole rings is 1. The molecule has 1 fully saturated rings. The van der Waals surface area contributed by atoms with Crippen LogP contribution in [0.15, 0.2) is 42.9 Å². The molecule has 1 atom stereocenters. The van der Waals surface area contributed by atoms with Crippen LogP contribution in [0, 0.1) is 12.7 Å². The number of aromatic nitrogens is 6. The maximum atomic E-state index is 14.9. The van der Waals surface area contributed by atoms with Gasteiger partial charge in [0.2, 0.25) is 0 Å². The summed E-state index contributed by atoms with van der Waals surface area (Å²) in [6.45, 7) is 1.04. The number of amides is 1. The first-order valence-electron chi connectivity index (χ1n) is 11.3. The molecule has 35 heavy (non-hydrogen) atoms. The predicted molar refractivity (Wildman–Crippen MR) is 122 cm³/mol. The first-order chi connectivity index (χ1) is 17.0. The average Bonchev–Trinajstić information content (AvgIpc) is 3.43. The Morgan fingerprint density at radius 2 is 2.14 bits per heavy atom. The van der Waals surface area contributed by atoms with E-state index in [1.807, 2.05) is 10.8 Å². The number of hydrogen-bond donors (Lipinski definition) is 1. The van der Waals surface area contributed by atoms with Crippen LogP contribution in [0.25, 0.3) is 17.1 Å². The summed E-state index contributed by atoms with van der Waals surface area (Å²) in [6.07, 6.45) is 5.85. The summed E-state index contributed by atoms with van der Waals surface area (Å²) in [4.78, 5) is 17.7. The van der Waals surface area contributed by atoms with E-state index < -0.39 is 24.4 Å². The minimum atomic E-state index is -0.720. The molecule has 11 heteroatoms. The topological polar surface area (TPSA) is 99.7 Å². The van der Waals surface area contributed by atoms with Crippen LogP contribution in [0.3, 0.4) is 0 Å². The maximum absolute atomic E-state index is 14.9. The zero-order valence-corrected chi connectivity index (χ0v) is 18.8. The lowest BCUT2D eigenvalue weighted by molar-refractivity contribution is 0.102. The number of fused-ring (bicyclic) bond motifs is 3. The second-order valence-corrected chi connectivity index (χ2v) is 8.80. The van der Waals surface area contributed by atoms with Crippen molar-refractivity contribution in [2.45, 2.75) is 31.7 Å². The number of rotatable bonds is 5. The number of alkyl halides is 1. The highest BCUT2D eigenvalue weighted by Crippen LogP contribution is 2.40. The zero-order chi connectivity index (χ0) is 24.1. The molecule has 9 nitrogen and oxygen atoms in total. The number of tetrazole rings is 1. The molecule has 1 N–H and O–H groups in total. The van der Waals surface area contributed by atoms with Gasteiger partial charge in [0, 0.05) is 12.1 Å². The number of ether oxygens (including phenoxy) is 1. The van der Waals surface area contributed by atoms with E-state index in [-0.39, 0.29) is 12.2 Å². The molecule has 0 radical (unpaired) electrons. The molecule has 1 aliphatic carbocycles. The van der Waals surface area contributed by atoms with Crippen molar-refractivity contribution in [1.82, 2.24) is 29.8 Å². The molecule has 1 saturated carbocycles. The molecular weight excluding hydrogens is 456 g/mol. The first kappa shape index (κ1) is 21.4. The molecule has 178 valence electrons. The SMILES string of the molecule is Cc1cc(F)c(C(=O)Nc2cccc3c2OC[C@@H](CF)n2nnnc2-3)cc1-n1cnc(C2CC2)c1. The zero-order valence-electron chi connectivity index (χ0n) is 18.8. The van der Waals surface area contributed by atoms with Gasteiger partial charge < -0.3 is 14.6 Å². The van der Waals surface area contributed by atoms with Gasteiger partial charge in [-0.15, -0.1) is 5.10 Å². The Balaban J connectivity index is 1.34. The van der Waals surface area contributed by atoms with Crippen LogP contribution < -0.4 is 10.1 Å². The second-order valence-electron chi connectivity index (χ2n) is 8.80. The highest BCUT2D eigenvalue weighted by Gasteiger charge is 2.29. The van der Waals surface area contributed by atoms with Gasteiger partial charge in [0.05, 0.1) is 34.5 Å². The van der Waals surface area contributed by atoms with Crippen LogP contribution >= 0.6 is 0 Å². The van der Waals surface area contributed by atoms with E-state index in [4.69, 9.17) is 4.74 Å². The monoisotopic (exact) mass is 477 g/mol. The number of benzene rings is 2. The summed E-state index contributed by atoms with van der Waals surface area (Å²) in [6, 6.07) is 7.18. The van der Waals surface area contributed by atoms with Crippen molar-refractivity contribution in [3.05, 3.63) is 65.5 Å². The van der Waals surface area contributed by atoms with Crippen LogP contribution in [-0.2, 0) is 0 Å². The summed E-state index contributed by atoms with van der Waals surface area (Å²) >= 11 is 0. The molecule has 2 aromatic carbocycles. The van der Waals surface area contributed by atoms with Gasteiger partial charge >= 0.3 is 0 Å². The normalized spacial score (nSPS) is 16.7. The van der Waals surface area contributed by atoms with Crippen molar-refractivity contribution in [2.24, 2.45) is 0 Å². The molecule has 1 amide bonds. The van der Waals surface area contributed by atoms with Gasteiger partial charge in [0.15, 0.2) is 11.6 Å². The van der Waals surface area contributed by atoms with Crippen LogP contribution in [0.5, 0.6) is 5.75 Å². The maximum Gasteiger partial charge on any atom is 0.258 e. The third kappa shape index (κ3) is 3.72. The molecule has 6 rings (SSSR count). The fourth-order valence-corrected chi connectivity index (χ4v) is 4.31. The lowest BCUT2D eigenvalue weighted by Crippen LogP contribution is -2.19. The fourth-order valence-electron chi connectivity index (χ4n) is 4.31. The summed E-state index contributed by atoms with van der Waals surface area (Å²) in [5, 5.41) is 14.3. The van der Waals surface area contributed by atoms with E-state index in [1.165, 1.54) is 16.8 Å². The third-order valence-corrected chi connectivity index (χ3v) is 6.35. The van der Waals surface area contributed by atoms with E-state index in [0.29, 0.717) is 40.0 Å². The highest BCUT2D eigenvalue weighted by molar-refractivity contribution is 6.06. The minimum Gasteiger partial charge on any atom is -0.488 e. The number of nitrogens with one attached hydrogen (secondary N) is 1.